The topological polar surface area (TPSA) is 50.1 Å². The minimum atomic E-state index is -0.441. The molecule has 0 radical (unpaired) electrons. The summed E-state index contributed by atoms with van der Waals surface area (Å²) < 4.78 is 4.90. The zero-order chi connectivity index (χ0) is 11.3. The molecular formula is C11H10BrNO2. The van der Waals surface area contributed by atoms with E-state index in [0.717, 1.165) is 5.56 Å². The lowest BCUT2D eigenvalue weighted by Gasteiger charge is -2.07. The van der Waals surface area contributed by atoms with Gasteiger partial charge in [0.25, 0.3) is 0 Å². The Kier molecular flexibility index (Phi) is 4.32. The predicted octanol–water partition coefficient (Wildman–Crippen LogP) is 2.63. The molecule has 1 rings (SSSR count). The second-order valence-corrected chi connectivity index (χ2v) is 3.37. The quantitative estimate of drug-likeness (QED) is 0.625. The van der Waals surface area contributed by atoms with Crippen LogP contribution in [0.15, 0.2) is 18.2 Å². The number of carbonyl (C=O) groups excluding carboxylic acids is 1. The highest BCUT2D eigenvalue weighted by Crippen LogP contribution is 2.18. The minimum absolute atomic E-state index is 0.306. The van der Waals surface area contributed by atoms with E-state index in [1.807, 2.05) is 6.07 Å². The van der Waals surface area contributed by atoms with Crippen molar-refractivity contribution in [3.63, 3.8) is 0 Å². The molecule has 0 fully saturated rings. The number of hydrogen-bond acceptors (Lipinski definition) is 3. The van der Waals surface area contributed by atoms with Crippen LogP contribution in [0.25, 0.3) is 0 Å². The Morgan fingerprint density at radius 1 is 1.60 bits per heavy atom. The van der Waals surface area contributed by atoms with E-state index in [2.05, 4.69) is 15.9 Å². The van der Waals surface area contributed by atoms with Crippen LogP contribution in [0.1, 0.15) is 28.4 Å². The van der Waals surface area contributed by atoms with Crippen molar-refractivity contribution in [3.05, 3.63) is 34.9 Å². The van der Waals surface area contributed by atoms with Gasteiger partial charge in [0.15, 0.2) is 0 Å². The smallest absolute Gasteiger partial charge is 0.339 e. The van der Waals surface area contributed by atoms with E-state index in [4.69, 9.17) is 10.00 Å². The van der Waals surface area contributed by atoms with Crippen molar-refractivity contribution in [1.82, 2.24) is 0 Å². The molecule has 1 aromatic carbocycles. The molecule has 0 aliphatic carbocycles. The minimum Gasteiger partial charge on any atom is -0.462 e. The van der Waals surface area contributed by atoms with Crippen molar-refractivity contribution < 1.29 is 9.53 Å². The molecule has 3 nitrogen and oxygen atoms in total. The molecule has 78 valence electrons. The van der Waals surface area contributed by atoms with Crippen LogP contribution in [0.2, 0.25) is 0 Å². The number of rotatable bonds is 3. The summed E-state index contributed by atoms with van der Waals surface area (Å²) >= 11 is 3.27. The molecule has 0 saturated heterocycles. The zero-order valence-corrected chi connectivity index (χ0v) is 9.87. The summed E-state index contributed by atoms with van der Waals surface area (Å²) in [6, 6.07) is 7.14. The van der Waals surface area contributed by atoms with E-state index < -0.39 is 5.97 Å². The molecule has 0 aliphatic rings. The van der Waals surface area contributed by atoms with E-state index in [9.17, 15) is 4.79 Å². The lowest BCUT2D eigenvalue weighted by atomic mass is 10.0. The highest BCUT2D eigenvalue weighted by molar-refractivity contribution is 9.08. The van der Waals surface area contributed by atoms with Gasteiger partial charge in [0.1, 0.15) is 6.07 Å². The van der Waals surface area contributed by atoms with Crippen LogP contribution in [0.3, 0.4) is 0 Å². The molecule has 4 heteroatoms. The third kappa shape index (κ3) is 2.57. The van der Waals surface area contributed by atoms with Crippen LogP contribution in [-0.2, 0) is 10.1 Å². The number of benzene rings is 1. The lowest BCUT2D eigenvalue weighted by Crippen LogP contribution is -2.09. The molecule has 0 N–H and O–H groups in total. The maximum atomic E-state index is 11.6. The summed E-state index contributed by atoms with van der Waals surface area (Å²) in [4.78, 5) is 11.6. The number of esters is 1. The van der Waals surface area contributed by atoms with Gasteiger partial charge in [0.05, 0.1) is 17.7 Å². The first-order valence-corrected chi connectivity index (χ1v) is 5.61. The van der Waals surface area contributed by atoms with Crippen LogP contribution < -0.4 is 0 Å². The second kappa shape index (κ2) is 5.52. The molecule has 0 atom stereocenters. The van der Waals surface area contributed by atoms with E-state index in [-0.39, 0.29) is 0 Å². The van der Waals surface area contributed by atoms with Gasteiger partial charge in [-0.3, -0.25) is 0 Å². The number of ether oxygens (including phenoxy) is 1. The molecule has 0 unspecified atom stereocenters. The number of nitriles is 1. The summed E-state index contributed by atoms with van der Waals surface area (Å²) in [6.45, 7) is 2.04. The number of nitrogens with zero attached hydrogens (tertiary/aromatic N) is 1. The van der Waals surface area contributed by atoms with Gasteiger partial charge in [-0.2, -0.15) is 5.26 Å². The Balaban J connectivity index is 3.23. The normalized spacial score (nSPS) is 9.40. The molecule has 0 bridgehead atoms. The van der Waals surface area contributed by atoms with Gasteiger partial charge >= 0.3 is 5.97 Å². The molecule has 0 spiro atoms. The van der Waals surface area contributed by atoms with Crippen molar-refractivity contribution in [2.24, 2.45) is 0 Å². The first-order valence-electron chi connectivity index (χ1n) is 4.49. The van der Waals surface area contributed by atoms with E-state index in [0.29, 0.717) is 23.1 Å². The van der Waals surface area contributed by atoms with Gasteiger partial charge in [0.2, 0.25) is 0 Å². The van der Waals surface area contributed by atoms with Crippen molar-refractivity contribution in [2.75, 3.05) is 6.61 Å². The summed E-state index contributed by atoms with van der Waals surface area (Å²) in [5, 5.41) is 9.41. The molecular weight excluding hydrogens is 258 g/mol. The number of halogens is 1. The highest BCUT2D eigenvalue weighted by Gasteiger charge is 2.16. The monoisotopic (exact) mass is 267 g/mol. The number of hydrogen-bond donors (Lipinski definition) is 0. The predicted molar refractivity (Wildman–Crippen MR) is 59.7 cm³/mol. The number of alkyl halides is 1. The first kappa shape index (κ1) is 11.7. The highest BCUT2D eigenvalue weighted by atomic mass is 79.9. The Bertz CT molecular complexity index is 410. The average Bonchev–Trinajstić information content (AvgIpc) is 2.28. The molecule has 0 amide bonds. The average molecular weight is 268 g/mol. The van der Waals surface area contributed by atoms with Crippen LogP contribution in [0.5, 0.6) is 0 Å². The van der Waals surface area contributed by atoms with Crippen LogP contribution in [-0.4, -0.2) is 12.6 Å². The van der Waals surface area contributed by atoms with Gasteiger partial charge in [0, 0.05) is 5.33 Å². The van der Waals surface area contributed by atoms with Gasteiger partial charge < -0.3 is 4.74 Å². The van der Waals surface area contributed by atoms with E-state index in [1.54, 1.807) is 25.1 Å². The largest absolute Gasteiger partial charge is 0.462 e. The number of carbonyl (C=O) groups is 1. The molecule has 0 saturated carbocycles. The van der Waals surface area contributed by atoms with Crippen molar-refractivity contribution in [2.45, 2.75) is 12.3 Å². The van der Waals surface area contributed by atoms with Gasteiger partial charge in [-0.25, -0.2) is 4.79 Å². The summed E-state index contributed by atoms with van der Waals surface area (Å²) in [5.41, 5.74) is 1.48. The van der Waals surface area contributed by atoms with Crippen LogP contribution >= 0.6 is 15.9 Å². The fraction of sp³-hybridized carbons (Fsp3) is 0.273. The summed E-state index contributed by atoms with van der Waals surface area (Å²) in [7, 11) is 0. The standard InChI is InChI=1S/C11H10BrNO2/c1-2-15-11(14)10-8(6-12)4-3-5-9(10)7-13/h3-5H,2,6H2,1H3. The van der Waals surface area contributed by atoms with E-state index >= 15 is 0 Å². The van der Waals surface area contributed by atoms with Gasteiger partial charge in [-0.15, -0.1) is 0 Å². The lowest BCUT2D eigenvalue weighted by molar-refractivity contribution is 0.0525. The molecule has 0 heterocycles. The van der Waals surface area contributed by atoms with Crippen LogP contribution in [0, 0.1) is 11.3 Å². The second-order valence-electron chi connectivity index (χ2n) is 2.81. The SMILES string of the molecule is CCOC(=O)c1c(C#N)cccc1CBr. The Labute approximate surface area is 96.8 Å². The third-order valence-corrected chi connectivity index (χ3v) is 2.50. The van der Waals surface area contributed by atoms with Crippen molar-refractivity contribution in [3.8, 4) is 6.07 Å². The summed E-state index contributed by atoms with van der Waals surface area (Å²) in [5.74, 6) is -0.441. The molecule has 15 heavy (non-hydrogen) atoms. The van der Waals surface area contributed by atoms with Crippen molar-refractivity contribution >= 4 is 21.9 Å². The van der Waals surface area contributed by atoms with Gasteiger partial charge in [-0.05, 0) is 18.6 Å². The molecule has 1 aromatic rings. The third-order valence-electron chi connectivity index (χ3n) is 1.89. The maximum Gasteiger partial charge on any atom is 0.339 e. The molecule has 0 aromatic heterocycles. The van der Waals surface area contributed by atoms with Crippen LogP contribution in [0.4, 0.5) is 0 Å². The van der Waals surface area contributed by atoms with Crippen molar-refractivity contribution in [1.29, 1.82) is 5.26 Å². The Morgan fingerprint density at radius 2 is 2.33 bits per heavy atom. The van der Waals surface area contributed by atoms with Gasteiger partial charge in [-0.1, -0.05) is 28.1 Å². The zero-order valence-electron chi connectivity index (χ0n) is 8.29. The summed E-state index contributed by atoms with van der Waals surface area (Å²) in [6.07, 6.45) is 0. The fourth-order valence-corrected chi connectivity index (χ4v) is 1.72. The first-order chi connectivity index (χ1) is 7.24. The van der Waals surface area contributed by atoms with E-state index in [1.165, 1.54) is 0 Å². The Morgan fingerprint density at radius 3 is 2.87 bits per heavy atom. The molecule has 0 aliphatic heterocycles. The Hall–Kier alpha value is -1.34. The fourth-order valence-electron chi connectivity index (χ4n) is 1.25. The maximum absolute atomic E-state index is 11.6.